The third-order valence-electron chi connectivity index (χ3n) is 4.17. The topological polar surface area (TPSA) is 50.7 Å². The molecule has 2 N–H and O–H groups in total. The van der Waals surface area contributed by atoms with Gasteiger partial charge in [0.05, 0.1) is 18.8 Å². The molecular formula is C18H28ClNO3. The molecule has 1 aromatic rings. The molecule has 2 rings (SSSR count). The van der Waals surface area contributed by atoms with Crippen LogP contribution in [0.2, 0.25) is 5.02 Å². The third kappa shape index (κ3) is 6.05. The van der Waals surface area contributed by atoms with Crippen molar-refractivity contribution in [3.63, 3.8) is 0 Å². The molecule has 5 heteroatoms. The van der Waals surface area contributed by atoms with E-state index in [4.69, 9.17) is 21.1 Å². The predicted molar refractivity (Wildman–Crippen MR) is 92.8 cm³/mol. The Morgan fingerprint density at radius 2 is 2.00 bits per heavy atom. The highest BCUT2D eigenvalue weighted by atomic mass is 35.5. The Kier molecular flexibility index (Phi) is 7.80. The van der Waals surface area contributed by atoms with E-state index in [0.29, 0.717) is 19.1 Å². The first-order valence-corrected chi connectivity index (χ1v) is 8.81. The summed E-state index contributed by atoms with van der Waals surface area (Å²) >= 11 is 6.30. The lowest BCUT2D eigenvalue weighted by molar-refractivity contribution is -0.0590. The standard InChI is InChI=1S/C18H28ClNO3/c1-13(2)18(16-5-3-4-6-17(16)19)20-11-14(21)12-23-15-7-9-22-10-8-15/h3-6,13-15,18,20-21H,7-12H2,1-2H3. The van der Waals surface area contributed by atoms with E-state index in [1.807, 2.05) is 24.3 Å². The Labute approximate surface area is 144 Å². The number of rotatable bonds is 8. The molecule has 23 heavy (non-hydrogen) atoms. The van der Waals surface area contributed by atoms with Gasteiger partial charge >= 0.3 is 0 Å². The number of benzene rings is 1. The minimum absolute atomic E-state index is 0.112. The Hall–Kier alpha value is -0.650. The van der Waals surface area contributed by atoms with Crippen LogP contribution in [0.5, 0.6) is 0 Å². The highest BCUT2D eigenvalue weighted by Crippen LogP contribution is 2.28. The summed E-state index contributed by atoms with van der Waals surface area (Å²) in [6, 6.07) is 7.97. The zero-order valence-electron chi connectivity index (χ0n) is 14.0. The summed E-state index contributed by atoms with van der Waals surface area (Å²) in [5, 5.41) is 14.4. The van der Waals surface area contributed by atoms with E-state index in [2.05, 4.69) is 19.2 Å². The van der Waals surface area contributed by atoms with Gasteiger partial charge in [0.15, 0.2) is 0 Å². The molecule has 1 aromatic carbocycles. The average Bonchev–Trinajstić information content (AvgIpc) is 2.55. The molecular weight excluding hydrogens is 314 g/mol. The summed E-state index contributed by atoms with van der Waals surface area (Å²) in [7, 11) is 0. The van der Waals surface area contributed by atoms with Crippen LogP contribution in [0, 0.1) is 5.92 Å². The van der Waals surface area contributed by atoms with Gasteiger partial charge in [0.25, 0.3) is 0 Å². The van der Waals surface area contributed by atoms with Crippen molar-refractivity contribution >= 4 is 11.6 Å². The van der Waals surface area contributed by atoms with Crippen LogP contribution in [-0.4, -0.2) is 43.7 Å². The molecule has 2 atom stereocenters. The van der Waals surface area contributed by atoms with E-state index in [9.17, 15) is 5.11 Å². The van der Waals surface area contributed by atoms with E-state index in [1.165, 1.54) is 0 Å². The summed E-state index contributed by atoms with van der Waals surface area (Å²) in [4.78, 5) is 0. The van der Waals surface area contributed by atoms with Crippen molar-refractivity contribution in [3.8, 4) is 0 Å². The number of ether oxygens (including phenoxy) is 2. The van der Waals surface area contributed by atoms with E-state index in [-0.39, 0.29) is 12.1 Å². The molecule has 1 aliphatic heterocycles. The van der Waals surface area contributed by atoms with Crippen LogP contribution in [0.1, 0.15) is 38.3 Å². The fraction of sp³-hybridized carbons (Fsp3) is 0.667. The van der Waals surface area contributed by atoms with Gasteiger partial charge in [-0.05, 0) is 30.4 Å². The van der Waals surface area contributed by atoms with Crippen molar-refractivity contribution in [1.29, 1.82) is 0 Å². The molecule has 0 saturated carbocycles. The molecule has 0 spiro atoms. The summed E-state index contributed by atoms with van der Waals surface area (Å²) in [5.74, 6) is 0.374. The molecule has 0 radical (unpaired) electrons. The molecule has 2 unspecified atom stereocenters. The zero-order valence-corrected chi connectivity index (χ0v) is 14.8. The number of aliphatic hydroxyl groups excluding tert-OH is 1. The number of hydrogen-bond acceptors (Lipinski definition) is 4. The maximum Gasteiger partial charge on any atom is 0.0898 e. The first-order chi connectivity index (χ1) is 11.1. The Bertz CT molecular complexity index is 463. The Morgan fingerprint density at radius 3 is 2.65 bits per heavy atom. The van der Waals surface area contributed by atoms with E-state index in [1.54, 1.807) is 0 Å². The maximum atomic E-state index is 10.2. The smallest absolute Gasteiger partial charge is 0.0898 e. The zero-order chi connectivity index (χ0) is 16.7. The minimum atomic E-state index is -0.526. The second-order valence-electron chi connectivity index (χ2n) is 6.45. The second-order valence-corrected chi connectivity index (χ2v) is 6.86. The van der Waals surface area contributed by atoms with Crippen LogP contribution < -0.4 is 5.32 Å². The van der Waals surface area contributed by atoms with Gasteiger partial charge < -0.3 is 19.9 Å². The molecule has 1 aliphatic rings. The van der Waals surface area contributed by atoms with Gasteiger partial charge in [-0.25, -0.2) is 0 Å². The molecule has 1 fully saturated rings. The number of hydrogen-bond donors (Lipinski definition) is 2. The first-order valence-electron chi connectivity index (χ1n) is 8.43. The molecule has 1 saturated heterocycles. The number of halogens is 1. The fourth-order valence-corrected chi connectivity index (χ4v) is 3.10. The first kappa shape index (κ1) is 18.7. The summed E-state index contributed by atoms with van der Waals surface area (Å²) in [6.07, 6.45) is 1.51. The van der Waals surface area contributed by atoms with Crippen LogP contribution in [-0.2, 0) is 9.47 Å². The molecule has 0 bridgehead atoms. The average molecular weight is 342 g/mol. The van der Waals surface area contributed by atoms with Crippen LogP contribution in [0.4, 0.5) is 0 Å². The summed E-state index contributed by atoms with van der Waals surface area (Å²) < 4.78 is 11.1. The fourth-order valence-electron chi connectivity index (χ4n) is 2.84. The van der Waals surface area contributed by atoms with Crippen molar-refractivity contribution in [1.82, 2.24) is 5.32 Å². The van der Waals surface area contributed by atoms with Crippen molar-refractivity contribution < 1.29 is 14.6 Å². The highest BCUT2D eigenvalue weighted by Gasteiger charge is 2.20. The van der Waals surface area contributed by atoms with Crippen LogP contribution in [0.3, 0.4) is 0 Å². The van der Waals surface area contributed by atoms with Crippen molar-refractivity contribution in [2.24, 2.45) is 5.92 Å². The van der Waals surface area contributed by atoms with E-state index >= 15 is 0 Å². The quantitative estimate of drug-likeness (QED) is 0.762. The van der Waals surface area contributed by atoms with Gasteiger partial charge in [-0.3, -0.25) is 0 Å². The molecule has 0 amide bonds. The van der Waals surface area contributed by atoms with E-state index < -0.39 is 6.10 Å². The van der Waals surface area contributed by atoms with Crippen molar-refractivity contribution in [2.45, 2.75) is 44.9 Å². The lowest BCUT2D eigenvalue weighted by Crippen LogP contribution is -2.36. The van der Waals surface area contributed by atoms with Crippen molar-refractivity contribution in [3.05, 3.63) is 34.9 Å². The van der Waals surface area contributed by atoms with Crippen molar-refractivity contribution in [2.75, 3.05) is 26.4 Å². The normalized spacial score (nSPS) is 19.0. The summed E-state index contributed by atoms with van der Waals surface area (Å²) in [5.41, 5.74) is 1.07. The second kappa shape index (κ2) is 9.60. The van der Waals surface area contributed by atoms with Crippen LogP contribution in [0.25, 0.3) is 0 Å². The molecule has 1 heterocycles. The van der Waals surface area contributed by atoms with E-state index in [0.717, 1.165) is 36.6 Å². The third-order valence-corrected chi connectivity index (χ3v) is 4.52. The molecule has 0 aromatic heterocycles. The Balaban J connectivity index is 1.80. The Morgan fingerprint density at radius 1 is 1.30 bits per heavy atom. The molecule has 4 nitrogen and oxygen atoms in total. The van der Waals surface area contributed by atoms with Gasteiger partial charge in [0.1, 0.15) is 0 Å². The maximum absolute atomic E-state index is 10.2. The molecule has 130 valence electrons. The van der Waals surface area contributed by atoms with Gasteiger partial charge in [0, 0.05) is 30.8 Å². The largest absolute Gasteiger partial charge is 0.389 e. The highest BCUT2D eigenvalue weighted by molar-refractivity contribution is 6.31. The number of nitrogens with one attached hydrogen (secondary N) is 1. The van der Waals surface area contributed by atoms with Gasteiger partial charge in [0.2, 0.25) is 0 Å². The SMILES string of the molecule is CC(C)C(NCC(O)COC1CCOCC1)c1ccccc1Cl. The monoisotopic (exact) mass is 341 g/mol. The summed E-state index contributed by atoms with van der Waals surface area (Å²) in [6.45, 7) is 6.63. The van der Waals surface area contributed by atoms with Crippen LogP contribution >= 0.6 is 11.6 Å². The van der Waals surface area contributed by atoms with Gasteiger partial charge in [-0.15, -0.1) is 0 Å². The van der Waals surface area contributed by atoms with Crippen LogP contribution in [0.15, 0.2) is 24.3 Å². The number of aliphatic hydroxyl groups is 1. The lowest BCUT2D eigenvalue weighted by Gasteiger charge is -2.27. The molecule has 0 aliphatic carbocycles. The lowest BCUT2D eigenvalue weighted by atomic mass is 9.96. The van der Waals surface area contributed by atoms with Gasteiger partial charge in [-0.1, -0.05) is 43.6 Å². The predicted octanol–water partition coefficient (Wildman–Crippen LogP) is 3.18. The van der Waals surface area contributed by atoms with Gasteiger partial charge in [-0.2, -0.15) is 0 Å². The minimum Gasteiger partial charge on any atom is -0.389 e.